The summed E-state index contributed by atoms with van der Waals surface area (Å²) >= 11 is 0. The summed E-state index contributed by atoms with van der Waals surface area (Å²) in [4.78, 5) is 9.65. The number of anilines is 1. The van der Waals surface area contributed by atoms with Crippen molar-refractivity contribution in [3.05, 3.63) is 17.7 Å². The van der Waals surface area contributed by atoms with E-state index in [4.69, 9.17) is 15.4 Å². The van der Waals surface area contributed by atoms with Crippen molar-refractivity contribution in [1.29, 1.82) is 0 Å². The molecule has 0 aliphatic heterocycles. The van der Waals surface area contributed by atoms with Crippen molar-refractivity contribution in [2.24, 2.45) is 0 Å². The van der Waals surface area contributed by atoms with Crippen LogP contribution in [0.4, 0.5) is 5.69 Å². The molecule has 4 N–H and O–H groups in total. The molecule has 0 fully saturated rings. The van der Waals surface area contributed by atoms with Crippen LogP contribution in [0.15, 0.2) is 17.0 Å². The Labute approximate surface area is 103 Å². The zero-order valence-electron chi connectivity index (χ0n) is 8.17. The van der Waals surface area contributed by atoms with E-state index in [1.54, 1.807) is 0 Å². The SMILES string of the molecule is Nc1ccc(S(=O)(=O)O)c(C(=O)O)c1[O-].[Li+]. The summed E-state index contributed by atoms with van der Waals surface area (Å²) in [5, 5.41) is 19.8. The summed E-state index contributed by atoms with van der Waals surface area (Å²) in [5.41, 5.74) is 3.66. The Morgan fingerprint density at radius 1 is 1.38 bits per heavy atom. The van der Waals surface area contributed by atoms with E-state index in [1.807, 2.05) is 0 Å². The van der Waals surface area contributed by atoms with Crippen LogP contribution in [0.3, 0.4) is 0 Å². The molecule has 0 aromatic heterocycles. The number of hydrogen-bond acceptors (Lipinski definition) is 5. The van der Waals surface area contributed by atoms with Gasteiger partial charge >= 0.3 is 24.8 Å². The molecule has 0 atom stereocenters. The third-order valence-electron chi connectivity index (χ3n) is 1.64. The summed E-state index contributed by atoms with van der Waals surface area (Å²) in [6.45, 7) is 0. The largest absolute Gasteiger partial charge is 1.00 e. The maximum absolute atomic E-state index is 11.2. The normalized spacial score (nSPS) is 10.6. The zero-order chi connectivity index (χ0) is 11.8. The zero-order valence-corrected chi connectivity index (χ0v) is 8.98. The van der Waals surface area contributed by atoms with E-state index >= 15 is 0 Å². The van der Waals surface area contributed by atoms with E-state index in [0.717, 1.165) is 12.1 Å². The number of nitrogen functional groups attached to an aromatic ring is 1. The molecule has 7 nitrogen and oxygen atoms in total. The van der Waals surface area contributed by atoms with E-state index < -0.39 is 38.0 Å². The van der Waals surface area contributed by atoms with E-state index in [0.29, 0.717) is 0 Å². The van der Waals surface area contributed by atoms with Crippen LogP contribution in [-0.4, -0.2) is 24.0 Å². The van der Waals surface area contributed by atoms with Gasteiger partial charge in [0, 0.05) is 5.69 Å². The van der Waals surface area contributed by atoms with Gasteiger partial charge in [-0.15, -0.1) is 0 Å². The quantitative estimate of drug-likeness (QED) is 0.274. The molecule has 0 saturated heterocycles. The topological polar surface area (TPSA) is 141 Å². The molecular weight excluding hydrogens is 233 g/mol. The van der Waals surface area contributed by atoms with E-state index in [-0.39, 0.29) is 18.9 Å². The fraction of sp³-hybridized carbons (Fsp3) is 0. The molecule has 0 saturated carbocycles. The van der Waals surface area contributed by atoms with Gasteiger partial charge in [0.05, 0.1) is 5.56 Å². The molecule has 9 heteroatoms. The first-order chi connectivity index (χ1) is 6.75. The average molecular weight is 239 g/mol. The molecule has 1 aromatic carbocycles. The summed E-state index contributed by atoms with van der Waals surface area (Å²) in [6.07, 6.45) is 0. The molecule has 0 aliphatic carbocycles. The number of hydrogen-bond donors (Lipinski definition) is 3. The van der Waals surface area contributed by atoms with Crippen LogP contribution in [0.2, 0.25) is 0 Å². The molecular formula is C7H6LiNO6S. The first-order valence-corrected chi connectivity index (χ1v) is 4.99. The minimum Gasteiger partial charge on any atom is -0.870 e. The second kappa shape index (κ2) is 4.76. The first kappa shape index (κ1) is 14.8. The van der Waals surface area contributed by atoms with E-state index in [1.165, 1.54) is 0 Å². The van der Waals surface area contributed by atoms with Crippen molar-refractivity contribution in [2.75, 3.05) is 5.73 Å². The van der Waals surface area contributed by atoms with Crippen molar-refractivity contribution in [3.63, 3.8) is 0 Å². The Morgan fingerprint density at radius 3 is 2.25 bits per heavy atom. The number of carboxylic acids is 1. The second-order valence-electron chi connectivity index (χ2n) is 2.64. The van der Waals surface area contributed by atoms with Crippen LogP contribution in [0.25, 0.3) is 0 Å². The maximum Gasteiger partial charge on any atom is 1.00 e. The first-order valence-electron chi connectivity index (χ1n) is 3.55. The van der Waals surface area contributed by atoms with Crippen molar-refractivity contribution in [2.45, 2.75) is 4.90 Å². The molecule has 0 unspecified atom stereocenters. The van der Waals surface area contributed by atoms with Gasteiger partial charge in [0.2, 0.25) is 0 Å². The van der Waals surface area contributed by atoms with Crippen LogP contribution in [0.5, 0.6) is 5.75 Å². The number of benzene rings is 1. The monoisotopic (exact) mass is 239 g/mol. The Morgan fingerprint density at radius 2 is 1.88 bits per heavy atom. The fourth-order valence-electron chi connectivity index (χ4n) is 0.998. The maximum atomic E-state index is 11.2. The molecule has 0 heterocycles. The second-order valence-corrected chi connectivity index (χ2v) is 4.03. The van der Waals surface area contributed by atoms with Gasteiger partial charge in [-0.25, -0.2) is 4.79 Å². The molecule has 16 heavy (non-hydrogen) atoms. The molecule has 0 spiro atoms. The third kappa shape index (κ3) is 2.68. The molecule has 0 aliphatic rings. The number of rotatable bonds is 2. The van der Waals surface area contributed by atoms with E-state index in [9.17, 15) is 18.3 Å². The van der Waals surface area contributed by atoms with Crippen LogP contribution < -0.4 is 29.7 Å². The van der Waals surface area contributed by atoms with Gasteiger partial charge in [-0.1, -0.05) is 5.75 Å². The standard InChI is InChI=1S/C7H7NO6S.Li/c8-3-1-2-4(15(12,13)14)5(6(3)9)7(10)11;/h1-2,9H,8H2,(H,10,11)(H,12,13,14);/q;+1/p-1. The average Bonchev–Trinajstić information content (AvgIpc) is 2.06. The van der Waals surface area contributed by atoms with Crippen molar-refractivity contribution < 1.29 is 46.8 Å². The predicted molar refractivity (Wildman–Crippen MR) is 47.1 cm³/mol. The molecule has 0 bridgehead atoms. The molecule has 0 amide bonds. The van der Waals surface area contributed by atoms with E-state index in [2.05, 4.69) is 0 Å². The van der Waals surface area contributed by atoms with Crippen molar-refractivity contribution in [1.82, 2.24) is 0 Å². The third-order valence-corrected chi connectivity index (χ3v) is 2.54. The summed E-state index contributed by atoms with van der Waals surface area (Å²) in [5.74, 6) is -2.91. The van der Waals surface area contributed by atoms with Gasteiger partial charge in [-0.3, -0.25) is 4.55 Å². The van der Waals surface area contributed by atoms with Crippen LogP contribution >= 0.6 is 0 Å². The predicted octanol–water partition coefficient (Wildman–Crippen LogP) is -3.71. The van der Waals surface area contributed by atoms with Crippen LogP contribution in [0.1, 0.15) is 10.4 Å². The van der Waals surface area contributed by atoms with Gasteiger partial charge in [0.1, 0.15) is 4.90 Å². The fourth-order valence-corrected chi connectivity index (χ4v) is 1.68. The Kier molecular flexibility index (Phi) is 4.40. The minimum atomic E-state index is -4.75. The molecule has 1 rings (SSSR count). The number of aromatic carboxylic acids is 1. The van der Waals surface area contributed by atoms with Crippen molar-refractivity contribution >= 4 is 21.8 Å². The smallest absolute Gasteiger partial charge is 0.870 e. The Balaban J connectivity index is 0.00000225. The molecule has 82 valence electrons. The molecule has 1 aromatic rings. The van der Waals surface area contributed by atoms with Gasteiger partial charge in [-0.2, -0.15) is 8.42 Å². The summed E-state index contributed by atoms with van der Waals surface area (Å²) in [6, 6.07) is 1.67. The molecule has 0 radical (unpaired) electrons. The number of nitrogens with two attached hydrogens (primary N) is 1. The Bertz CT molecular complexity index is 526. The number of carboxylic acid groups (broad SMARTS) is 1. The van der Waals surface area contributed by atoms with Gasteiger partial charge in [0.15, 0.2) is 0 Å². The minimum absolute atomic E-state index is 0. The van der Waals surface area contributed by atoms with Gasteiger partial charge in [0.25, 0.3) is 10.1 Å². The summed E-state index contributed by atoms with van der Waals surface area (Å²) < 4.78 is 30.1. The summed E-state index contributed by atoms with van der Waals surface area (Å²) in [7, 11) is -4.75. The van der Waals surface area contributed by atoms with Gasteiger partial charge < -0.3 is 15.9 Å². The Hall–Kier alpha value is -1.20. The van der Waals surface area contributed by atoms with Crippen molar-refractivity contribution in [3.8, 4) is 5.75 Å². The van der Waals surface area contributed by atoms with Crippen LogP contribution in [-0.2, 0) is 10.1 Å². The number of carbonyl (C=O) groups is 1. The van der Waals surface area contributed by atoms with Gasteiger partial charge in [-0.05, 0) is 12.1 Å². The van der Waals surface area contributed by atoms with Crippen LogP contribution in [0, 0.1) is 0 Å².